The van der Waals surface area contributed by atoms with Crippen molar-refractivity contribution in [2.75, 3.05) is 17.3 Å². The summed E-state index contributed by atoms with van der Waals surface area (Å²) in [6, 6.07) is 17.8. The first kappa shape index (κ1) is 24.7. The summed E-state index contributed by atoms with van der Waals surface area (Å²) in [5.41, 5.74) is 4.59. The van der Waals surface area contributed by atoms with Gasteiger partial charge < -0.3 is 4.74 Å². The van der Waals surface area contributed by atoms with Crippen LogP contribution >= 0.6 is 0 Å². The Kier molecular flexibility index (Phi) is 7.21. The average molecular weight is 483 g/mol. The highest BCUT2D eigenvalue weighted by Gasteiger charge is 2.23. The topological polar surface area (TPSA) is 123 Å². The number of para-hydroxylation sites is 2. The van der Waals surface area contributed by atoms with E-state index in [1.165, 1.54) is 37.1 Å². The van der Waals surface area contributed by atoms with Crippen LogP contribution in [0.2, 0.25) is 0 Å². The quantitative estimate of drug-likeness (QED) is 0.260. The molecule has 0 atom stereocenters. The second-order valence-electron chi connectivity index (χ2n) is 8.49. The number of ether oxygens (including phenoxy) is 1. The lowest BCUT2D eigenvalue weighted by molar-refractivity contribution is -0.385. The molecule has 3 aromatic carbocycles. The van der Waals surface area contributed by atoms with Crippen LogP contribution in [-0.4, -0.2) is 26.7 Å². The van der Waals surface area contributed by atoms with Crippen molar-refractivity contribution in [3.63, 3.8) is 0 Å². The second kappa shape index (κ2) is 9.92. The van der Waals surface area contributed by atoms with Gasteiger partial charge in [-0.15, -0.1) is 0 Å². The van der Waals surface area contributed by atoms with Gasteiger partial charge in [-0.3, -0.25) is 20.3 Å². The van der Waals surface area contributed by atoms with E-state index in [2.05, 4.69) is 36.0 Å². The molecule has 0 saturated heterocycles. The maximum Gasteiger partial charge on any atom is 0.270 e. The van der Waals surface area contributed by atoms with Crippen LogP contribution in [0, 0.1) is 10.1 Å². The molecule has 0 aliphatic heterocycles. The predicted molar refractivity (Wildman–Crippen MR) is 133 cm³/mol. The molecule has 0 fully saturated rings. The minimum absolute atomic E-state index is 0.0182. The molecule has 0 radical (unpaired) electrons. The van der Waals surface area contributed by atoms with Crippen molar-refractivity contribution in [1.82, 2.24) is 0 Å². The zero-order chi connectivity index (χ0) is 24.9. The molecule has 3 rings (SSSR count). The first-order chi connectivity index (χ1) is 16.0. The molecule has 0 aliphatic rings. The number of methoxy groups -OCH3 is 1. The van der Waals surface area contributed by atoms with Crippen molar-refractivity contribution in [2.45, 2.75) is 31.1 Å². The van der Waals surface area contributed by atoms with Crippen LogP contribution in [0.25, 0.3) is 0 Å². The molecule has 0 aliphatic carbocycles. The van der Waals surface area contributed by atoms with Gasteiger partial charge in [0.25, 0.3) is 15.7 Å². The Labute approximate surface area is 198 Å². The van der Waals surface area contributed by atoms with Crippen LogP contribution < -0.4 is 14.9 Å². The number of benzene rings is 3. The molecule has 0 heterocycles. The molecule has 178 valence electrons. The van der Waals surface area contributed by atoms with Crippen LogP contribution in [0.4, 0.5) is 17.1 Å². The van der Waals surface area contributed by atoms with Gasteiger partial charge in [-0.1, -0.05) is 57.2 Å². The van der Waals surface area contributed by atoms with Crippen LogP contribution in [0.5, 0.6) is 5.75 Å². The zero-order valence-electron chi connectivity index (χ0n) is 19.3. The van der Waals surface area contributed by atoms with Gasteiger partial charge in [0.15, 0.2) is 0 Å². The lowest BCUT2D eigenvalue weighted by atomic mass is 9.87. The summed E-state index contributed by atoms with van der Waals surface area (Å²) in [6.07, 6.45) is 1.54. The standard InChI is InChI=1S/C24H26N4O5S/c1-24(2,3)18-11-9-17(10-12-18)16-25-26-21-14-13-19(28(29)30)15-23(21)34(31,32)27-20-7-5-6-8-22(20)33-4/h5-16,26-27H,1-4H3. The van der Waals surface area contributed by atoms with Gasteiger partial charge in [0.1, 0.15) is 10.6 Å². The summed E-state index contributed by atoms with van der Waals surface area (Å²) >= 11 is 0. The van der Waals surface area contributed by atoms with E-state index >= 15 is 0 Å². The van der Waals surface area contributed by atoms with Gasteiger partial charge in [-0.2, -0.15) is 5.10 Å². The molecule has 0 amide bonds. The van der Waals surface area contributed by atoms with Gasteiger partial charge in [0.05, 0.1) is 29.6 Å². The fraction of sp³-hybridized carbons (Fsp3) is 0.208. The van der Waals surface area contributed by atoms with Crippen molar-refractivity contribution in [3.05, 3.63) is 88.0 Å². The second-order valence-corrected chi connectivity index (χ2v) is 10.1. The van der Waals surface area contributed by atoms with Gasteiger partial charge in [-0.05, 0) is 34.7 Å². The molecule has 0 spiro atoms. The molecule has 3 aromatic rings. The molecule has 0 unspecified atom stereocenters. The Balaban J connectivity index is 1.91. The minimum atomic E-state index is -4.22. The number of nitro benzene ring substituents is 1. The number of anilines is 2. The van der Waals surface area contributed by atoms with Crippen LogP contribution in [-0.2, 0) is 15.4 Å². The van der Waals surface area contributed by atoms with Gasteiger partial charge in [-0.25, -0.2) is 8.42 Å². The van der Waals surface area contributed by atoms with Crippen molar-refractivity contribution in [1.29, 1.82) is 0 Å². The number of hydrazone groups is 1. The number of nitrogens with one attached hydrogen (secondary N) is 2. The summed E-state index contributed by atoms with van der Waals surface area (Å²) in [5.74, 6) is 0.308. The fourth-order valence-electron chi connectivity index (χ4n) is 3.11. The molecule has 0 aromatic heterocycles. The van der Waals surface area contributed by atoms with E-state index in [0.29, 0.717) is 5.75 Å². The maximum atomic E-state index is 13.1. The molecule has 0 saturated carbocycles. The number of non-ortho nitro benzene ring substituents is 1. The molecule has 0 bridgehead atoms. The lowest BCUT2D eigenvalue weighted by Crippen LogP contribution is -2.15. The third-order valence-corrected chi connectivity index (χ3v) is 6.40. The normalized spacial score (nSPS) is 11.9. The van der Waals surface area contributed by atoms with E-state index in [1.807, 2.05) is 24.3 Å². The highest BCUT2D eigenvalue weighted by Crippen LogP contribution is 2.31. The van der Waals surface area contributed by atoms with Crippen molar-refractivity contribution < 1.29 is 18.1 Å². The molecular weight excluding hydrogens is 456 g/mol. The van der Waals surface area contributed by atoms with Crippen molar-refractivity contribution in [3.8, 4) is 5.75 Å². The number of nitro groups is 1. The SMILES string of the molecule is COc1ccccc1NS(=O)(=O)c1cc([N+](=O)[O-])ccc1NN=Cc1ccc(C(C)(C)C)cc1. The number of hydrogen-bond acceptors (Lipinski definition) is 7. The van der Waals surface area contributed by atoms with Crippen LogP contribution in [0.1, 0.15) is 31.9 Å². The summed E-state index contributed by atoms with van der Waals surface area (Å²) in [4.78, 5) is 10.3. The Hall–Kier alpha value is -3.92. The Bertz CT molecular complexity index is 1310. The molecule has 9 nitrogen and oxygen atoms in total. The minimum Gasteiger partial charge on any atom is -0.495 e. The zero-order valence-corrected chi connectivity index (χ0v) is 20.1. The average Bonchev–Trinajstić information content (AvgIpc) is 2.79. The van der Waals surface area contributed by atoms with Crippen LogP contribution in [0.3, 0.4) is 0 Å². The highest BCUT2D eigenvalue weighted by molar-refractivity contribution is 7.93. The number of hydrogen-bond donors (Lipinski definition) is 2. The maximum absolute atomic E-state index is 13.1. The van der Waals surface area contributed by atoms with E-state index in [9.17, 15) is 18.5 Å². The molecule has 10 heteroatoms. The first-order valence-electron chi connectivity index (χ1n) is 10.3. The largest absolute Gasteiger partial charge is 0.495 e. The fourth-order valence-corrected chi connectivity index (χ4v) is 4.36. The highest BCUT2D eigenvalue weighted by atomic mass is 32.2. The van der Waals surface area contributed by atoms with Gasteiger partial charge >= 0.3 is 0 Å². The third kappa shape index (κ3) is 5.90. The number of rotatable bonds is 8. The van der Waals surface area contributed by atoms with Crippen LogP contribution in [0.15, 0.2) is 76.7 Å². The Morgan fingerprint density at radius 3 is 2.29 bits per heavy atom. The lowest BCUT2D eigenvalue weighted by Gasteiger charge is -2.18. The smallest absolute Gasteiger partial charge is 0.270 e. The van der Waals surface area contributed by atoms with Crippen molar-refractivity contribution in [2.24, 2.45) is 5.10 Å². The first-order valence-corrected chi connectivity index (χ1v) is 11.8. The van der Waals surface area contributed by atoms with E-state index in [1.54, 1.807) is 18.2 Å². The summed E-state index contributed by atoms with van der Waals surface area (Å²) in [5, 5.41) is 15.4. The summed E-state index contributed by atoms with van der Waals surface area (Å²) in [7, 11) is -2.81. The molecule has 2 N–H and O–H groups in total. The van der Waals surface area contributed by atoms with E-state index in [-0.39, 0.29) is 27.4 Å². The van der Waals surface area contributed by atoms with E-state index < -0.39 is 14.9 Å². The summed E-state index contributed by atoms with van der Waals surface area (Å²) in [6.45, 7) is 6.35. The monoisotopic (exact) mass is 482 g/mol. The van der Waals surface area contributed by atoms with Gasteiger partial charge in [0, 0.05) is 12.1 Å². The van der Waals surface area contributed by atoms with Crippen molar-refractivity contribution >= 4 is 33.3 Å². The Morgan fingerprint density at radius 1 is 1.00 bits per heavy atom. The Morgan fingerprint density at radius 2 is 1.68 bits per heavy atom. The number of sulfonamides is 1. The van der Waals surface area contributed by atoms with E-state index in [0.717, 1.165) is 11.6 Å². The molecule has 34 heavy (non-hydrogen) atoms. The predicted octanol–water partition coefficient (Wildman–Crippen LogP) is 5.15. The number of nitrogens with zero attached hydrogens (tertiary/aromatic N) is 2. The summed E-state index contributed by atoms with van der Waals surface area (Å²) < 4.78 is 33.9. The third-order valence-electron chi connectivity index (χ3n) is 4.99. The molecular formula is C24H26N4O5S. The van der Waals surface area contributed by atoms with Gasteiger partial charge in [0.2, 0.25) is 0 Å². The van der Waals surface area contributed by atoms with E-state index in [4.69, 9.17) is 4.74 Å².